The lowest BCUT2D eigenvalue weighted by Crippen LogP contribution is -2.04. The molecule has 5 nitrogen and oxygen atoms in total. The molecule has 1 N–H and O–H groups in total. The van der Waals surface area contributed by atoms with Crippen LogP contribution in [0.4, 0.5) is 8.78 Å². The van der Waals surface area contributed by atoms with E-state index in [-0.39, 0.29) is 5.82 Å². The van der Waals surface area contributed by atoms with Gasteiger partial charge in [-0.2, -0.15) is 0 Å². The van der Waals surface area contributed by atoms with Gasteiger partial charge in [-0.15, -0.1) is 5.10 Å². The van der Waals surface area contributed by atoms with E-state index in [4.69, 9.17) is 0 Å². The van der Waals surface area contributed by atoms with Crippen molar-refractivity contribution < 1.29 is 8.78 Å². The molecule has 0 radical (unpaired) electrons. The van der Waals surface area contributed by atoms with Gasteiger partial charge in [-0.3, -0.25) is 0 Å². The van der Waals surface area contributed by atoms with Crippen molar-refractivity contribution in [2.45, 2.75) is 13.0 Å². The van der Waals surface area contributed by atoms with Crippen molar-refractivity contribution in [3.63, 3.8) is 0 Å². The highest BCUT2D eigenvalue weighted by molar-refractivity contribution is 5.78. The maximum Gasteiger partial charge on any atom is 0.295 e. The number of alkyl halides is 2. The topological polar surface area (TPSA) is 59.4 Å². The molecule has 0 aliphatic rings. The first kappa shape index (κ1) is 19.8. The Labute approximate surface area is 183 Å². The summed E-state index contributed by atoms with van der Waals surface area (Å²) in [6.45, 7) is 0.523. The van der Waals surface area contributed by atoms with E-state index in [1.165, 1.54) is 6.20 Å². The summed E-state index contributed by atoms with van der Waals surface area (Å²) in [5.41, 5.74) is 6.17. The van der Waals surface area contributed by atoms with Crippen LogP contribution in [-0.4, -0.2) is 25.0 Å². The van der Waals surface area contributed by atoms with E-state index in [1.807, 2.05) is 89.6 Å². The summed E-state index contributed by atoms with van der Waals surface area (Å²) in [6.07, 6.45) is -1.20. The lowest BCUT2D eigenvalue weighted by Gasteiger charge is -2.09. The van der Waals surface area contributed by atoms with Gasteiger partial charge in [0.2, 0.25) is 0 Å². The fourth-order valence-corrected chi connectivity index (χ4v) is 3.65. The molecule has 0 atom stereocenters. The van der Waals surface area contributed by atoms with Crippen LogP contribution in [0.5, 0.6) is 0 Å². The third-order valence-electron chi connectivity index (χ3n) is 5.23. The average molecular weight is 427 g/mol. The zero-order chi connectivity index (χ0) is 21.9. The molecule has 0 spiro atoms. The van der Waals surface area contributed by atoms with Crippen molar-refractivity contribution in [3.8, 4) is 33.8 Å². The van der Waals surface area contributed by atoms with Gasteiger partial charge in [-0.25, -0.2) is 18.4 Å². The number of hydrogen-bond donors (Lipinski definition) is 1. The molecule has 5 rings (SSSR count). The second-order valence-corrected chi connectivity index (χ2v) is 7.36. The number of hydrogen-bond acceptors (Lipinski definition) is 3. The molecule has 2 heterocycles. The van der Waals surface area contributed by atoms with Gasteiger partial charge in [-0.1, -0.05) is 90.1 Å². The minimum atomic E-state index is -2.62. The fraction of sp³-hybridized carbons (Fsp3) is 0.0800. The van der Waals surface area contributed by atoms with Crippen molar-refractivity contribution in [2.24, 2.45) is 0 Å². The molecule has 0 aliphatic carbocycles. The molecule has 0 bridgehead atoms. The molecule has 0 aliphatic heterocycles. The highest BCUT2D eigenvalue weighted by Gasteiger charge is 2.17. The molecular weight excluding hydrogens is 408 g/mol. The van der Waals surface area contributed by atoms with Crippen LogP contribution in [0.25, 0.3) is 33.8 Å². The quantitative estimate of drug-likeness (QED) is 0.362. The molecule has 0 unspecified atom stereocenters. The predicted octanol–water partition coefficient (Wildman–Crippen LogP) is 5.99. The van der Waals surface area contributed by atoms with E-state index in [0.29, 0.717) is 12.2 Å². The molecule has 5 aromatic rings. The predicted molar refractivity (Wildman–Crippen MR) is 119 cm³/mol. The Morgan fingerprint density at radius 2 is 1.44 bits per heavy atom. The molecule has 2 aromatic heterocycles. The molecule has 7 heteroatoms. The number of nitrogens with one attached hydrogen (secondary N) is 1. The van der Waals surface area contributed by atoms with Crippen LogP contribution in [0.3, 0.4) is 0 Å². The fourth-order valence-electron chi connectivity index (χ4n) is 3.65. The number of imidazole rings is 1. The Kier molecular flexibility index (Phi) is 5.29. The van der Waals surface area contributed by atoms with Crippen LogP contribution < -0.4 is 0 Å². The summed E-state index contributed by atoms with van der Waals surface area (Å²) in [5, 5.41) is 8.91. The number of aromatic amines is 1. The minimum Gasteiger partial charge on any atom is -0.337 e. The number of nitrogens with zero attached hydrogens (tertiary/aromatic N) is 4. The Hall–Kier alpha value is -4.13. The van der Waals surface area contributed by atoms with Gasteiger partial charge in [0.05, 0.1) is 24.1 Å². The normalized spacial score (nSPS) is 11.2. The summed E-state index contributed by atoms with van der Waals surface area (Å²) < 4.78 is 27.5. The summed E-state index contributed by atoms with van der Waals surface area (Å²) >= 11 is 0. The van der Waals surface area contributed by atoms with Gasteiger partial charge >= 0.3 is 0 Å². The Bertz CT molecular complexity index is 1310. The number of H-pyrrole nitrogens is 1. The Morgan fingerprint density at radius 3 is 2.06 bits per heavy atom. The maximum absolute atomic E-state index is 12.8. The standard InChI is InChI=1S/C25H19F2N5/c26-24(27)25-28-15-21(29-25)18-13-11-17(12-14-18)16-32-23(20-9-5-2-6-10-20)22(30-31-32)19-7-3-1-4-8-19/h1-15,24H,16H2,(H,28,29). The highest BCUT2D eigenvalue weighted by Crippen LogP contribution is 2.31. The van der Waals surface area contributed by atoms with E-state index in [0.717, 1.165) is 33.6 Å². The molecule has 0 amide bonds. The molecule has 158 valence electrons. The van der Waals surface area contributed by atoms with Crippen molar-refractivity contribution >= 4 is 0 Å². The molecule has 32 heavy (non-hydrogen) atoms. The minimum absolute atomic E-state index is 0.326. The van der Waals surface area contributed by atoms with Gasteiger partial charge in [0.25, 0.3) is 6.43 Å². The van der Waals surface area contributed by atoms with Crippen molar-refractivity contribution in [3.05, 3.63) is 103 Å². The highest BCUT2D eigenvalue weighted by atomic mass is 19.3. The average Bonchev–Trinajstić information content (AvgIpc) is 3.49. The smallest absolute Gasteiger partial charge is 0.295 e. The number of aromatic nitrogens is 5. The zero-order valence-electron chi connectivity index (χ0n) is 17.0. The van der Waals surface area contributed by atoms with E-state index >= 15 is 0 Å². The second-order valence-electron chi connectivity index (χ2n) is 7.36. The van der Waals surface area contributed by atoms with Crippen molar-refractivity contribution in [2.75, 3.05) is 0 Å². The first-order valence-corrected chi connectivity index (χ1v) is 10.2. The summed E-state index contributed by atoms with van der Waals surface area (Å²) in [6, 6.07) is 27.7. The van der Waals surface area contributed by atoms with Gasteiger partial charge in [0, 0.05) is 11.1 Å². The molecule has 0 saturated carbocycles. The van der Waals surface area contributed by atoms with Crippen molar-refractivity contribution in [1.82, 2.24) is 25.0 Å². The first-order chi connectivity index (χ1) is 15.7. The monoisotopic (exact) mass is 427 g/mol. The van der Waals surface area contributed by atoms with Crippen LogP contribution >= 0.6 is 0 Å². The van der Waals surface area contributed by atoms with Gasteiger partial charge in [-0.05, 0) is 11.1 Å². The van der Waals surface area contributed by atoms with Crippen LogP contribution in [0, 0.1) is 0 Å². The summed E-state index contributed by atoms with van der Waals surface area (Å²) in [4.78, 5) is 6.39. The Morgan fingerprint density at radius 1 is 0.781 bits per heavy atom. The lowest BCUT2D eigenvalue weighted by molar-refractivity contribution is 0.141. The third kappa shape index (κ3) is 3.92. The van der Waals surface area contributed by atoms with Crippen LogP contribution in [0.2, 0.25) is 0 Å². The number of rotatable bonds is 6. The summed E-state index contributed by atoms with van der Waals surface area (Å²) in [5.74, 6) is -0.326. The first-order valence-electron chi connectivity index (χ1n) is 10.2. The van der Waals surface area contributed by atoms with Gasteiger partial charge in [0.15, 0.2) is 5.82 Å². The van der Waals surface area contributed by atoms with Crippen molar-refractivity contribution in [1.29, 1.82) is 0 Å². The summed E-state index contributed by atoms with van der Waals surface area (Å²) in [7, 11) is 0. The zero-order valence-corrected chi connectivity index (χ0v) is 17.0. The van der Waals surface area contributed by atoms with E-state index < -0.39 is 6.43 Å². The third-order valence-corrected chi connectivity index (χ3v) is 5.23. The lowest BCUT2D eigenvalue weighted by atomic mass is 10.0. The van der Waals surface area contributed by atoms with E-state index in [2.05, 4.69) is 20.3 Å². The van der Waals surface area contributed by atoms with E-state index in [9.17, 15) is 8.78 Å². The second kappa shape index (κ2) is 8.55. The number of benzene rings is 3. The van der Waals surface area contributed by atoms with Gasteiger partial charge in [0.1, 0.15) is 5.69 Å². The van der Waals surface area contributed by atoms with Crippen LogP contribution in [-0.2, 0) is 6.54 Å². The SMILES string of the molecule is FC(F)c1ncc(-c2ccc(Cn3nnc(-c4ccccc4)c3-c3ccccc3)cc2)[nH]1. The molecular formula is C25H19F2N5. The van der Waals surface area contributed by atoms with E-state index in [1.54, 1.807) is 0 Å². The van der Waals surface area contributed by atoms with Crippen LogP contribution in [0.15, 0.2) is 91.1 Å². The molecule has 3 aromatic carbocycles. The number of halogens is 2. The van der Waals surface area contributed by atoms with Crippen LogP contribution in [0.1, 0.15) is 17.8 Å². The molecule has 0 fully saturated rings. The largest absolute Gasteiger partial charge is 0.337 e. The maximum atomic E-state index is 12.8. The van der Waals surface area contributed by atoms with Gasteiger partial charge < -0.3 is 4.98 Å². The Balaban J connectivity index is 1.47. The molecule has 0 saturated heterocycles.